The summed E-state index contributed by atoms with van der Waals surface area (Å²) in [5, 5.41) is 10.9. The van der Waals surface area contributed by atoms with Crippen molar-refractivity contribution in [2.45, 2.75) is 38.3 Å². The zero-order chi connectivity index (χ0) is 18.1. The molecule has 0 radical (unpaired) electrons. The van der Waals surface area contributed by atoms with Crippen LogP contribution in [0.25, 0.3) is 5.65 Å². The SMILES string of the molecule is FC(F)(F)c1nnc2ccc(N3CCN(CC4CCCCC4)CC3)nn12. The number of anilines is 1. The molecule has 1 aliphatic heterocycles. The number of alkyl halides is 3. The maximum absolute atomic E-state index is 13.0. The predicted octanol–water partition coefficient (Wildman–Crippen LogP) is 2.85. The summed E-state index contributed by atoms with van der Waals surface area (Å²) in [6, 6.07) is 3.26. The molecule has 1 saturated heterocycles. The van der Waals surface area contributed by atoms with Crippen LogP contribution in [-0.4, -0.2) is 57.4 Å². The molecule has 9 heteroatoms. The fourth-order valence-electron chi connectivity index (χ4n) is 4.02. The van der Waals surface area contributed by atoms with Gasteiger partial charge in [-0.15, -0.1) is 15.3 Å². The van der Waals surface area contributed by atoms with Gasteiger partial charge in [-0.1, -0.05) is 19.3 Å². The Kier molecular flexibility index (Phi) is 4.73. The second-order valence-corrected chi connectivity index (χ2v) is 7.27. The molecule has 3 heterocycles. The van der Waals surface area contributed by atoms with Gasteiger partial charge in [0.25, 0.3) is 5.82 Å². The van der Waals surface area contributed by atoms with E-state index in [9.17, 15) is 13.2 Å². The molecule has 0 amide bonds. The van der Waals surface area contributed by atoms with Crippen molar-refractivity contribution in [3.63, 3.8) is 0 Å². The highest BCUT2D eigenvalue weighted by Gasteiger charge is 2.37. The van der Waals surface area contributed by atoms with Crippen molar-refractivity contribution in [1.82, 2.24) is 24.7 Å². The summed E-state index contributed by atoms with van der Waals surface area (Å²) < 4.78 is 39.8. The van der Waals surface area contributed by atoms with Gasteiger partial charge in [0.2, 0.25) is 0 Å². The lowest BCUT2D eigenvalue weighted by atomic mass is 9.89. The third-order valence-corrected chi connectivity index (χ3v) is 5.44. The highest BCUT2D eigenvalue weighted by molar-refractivity contribution is 5.46. The third-order valence-electron chi connectivity index (χ3n) is 5.44. The number of aromatic nitrogens is 4. The summed E-state index contributed by atoms with van der Waals surface area (Å²) in [5.41, 5.74) is 0.108. The molecule has 0 spiro atoms. The van der Waals surface area contributed by atoms with E-state index in [-0.39, 0.29) is 5.65 Å². The van der Waals surface area contributed by atoms with Gasteiger partial charge in [-0.05, 0) is 30.9 Å². The molecule has 6 nitrogen and oxygen atoms in total. The minimum atomic E-state index is -4.57. The predicted molar refractivity (Wildman–Crippen MR) is 91.0 cm³/mol. The van der Waals surface area contributed by atoms with Crippen LogP contribution in [0.5, 0.6) is 0 Å². The normalized spacial score (nSPS) is 20.8. The monoisotopic (exact) mass is 368 g/mol. The topological polar surface area (TPSA) is 49.6 Å². The number of hydrogen-bond acceptors (Lipinski definition) is 5. The number of hydrogen-bond donors (Lipinski definition) is 0. The maximum Gasteiger partial charge on any atom is 0.453 e. The van der Waals surface area contributed by atoms with Crippen molar-refractivity contribution >= 4 is 11.5 Å². The lowest BCUT2D eigenvalue weighted by Gasteiger charge is -2.37. The second kappa shape index (κ2) is 7.02. The fraction of sp³-hybridized carbons (Fsp3) is 0.706. The average molecular weight is 368 g/mol. The number of rotatable bonds is 3. The Bertz CT molecular complexity index is 745. The first-order chi connectivity index (χ1) is 12.5. The quantitative estimate of drug-likeness (QED) is 0.834. The number of halogens is 3. The van der Waals surface area contributed by atoms with Gasteiger partial charge in [0.1, 0.15) is 5.82 Å². The average Bonchev–Trinajstić information content (AvgIpc) is 3.07. The van der Waals surface area contributed by atoms with Crippen LogP contribution >= 0.6 is 0 Å². The molecule has 0 unspecified atom stereocenters. The smallest absolute Gasteiger partial charge is 0.353 e. The first-order valence-electron chi connectivity index (χ1n) is 9.28. The lowest BCUT2D eigenvalue weighted by Crippen LogP contribution is -2.48. The van der Waals surface area contributed by atoms with E-state index in [1.807, 2.05) is 4.90 Å². The molecule has 26 heavy (non-hydrogen) atoms. The third kappa shape index (κ3) is 3.62. The molecule has 0 aromatic carbocycles. The molecule has 0 N–H and O–H groups in total. The van der Waals surface area contributed by atoms with Gasteiger partial charge in [-0.3, -0.25) is 4.90 Å². The van der Waals surface area contributed by atoms with Crippen LogP contribution in [0.3, 0.4) is 0 Å². The summed E-state index contributed by atoms with van der Waals surface area (Å²) in [6.07, 6.45) is 2.13. The first-order valence-corrected chi connectivity index (χ1v) is 9.28. The summed E-state index contributed by atoms with van der Waals surface area (Å²) in [4.78, 5) is 4.52. The van der Waals surface area contributed by atoms with Crippen molar-refractivity contribution in [2.75, 3.05) is 37.6 Å². The Hall–Kier alpha value is -1.90. The van der Waals surface area contributed by atoms with Crippen molar-refractivity contribution in [2.24, 2.45) is 5.92 Å². The van der Waals surface area contributed by atoms with Gasteiger partial charge >= 0.3 is 6.18 Å². The minimum Gasteiger partial charge on any atom is -0.353 e. The van der Waals surface area contributed by atoms with Crippen LogP contribution in [0.15, 0.2) is 12.1 Å². The molecule has 1 saturated carbocycles. The van der Waals surface area contributed by atoms with E-state index >= 15 is 0 Å². The van der Waals surface area contributed by atoms with Crippen LogP contribution in [0.2, 0.25) is 0 Å². The molecule has 142 valence electrons. The van der Waals surface area contributed by atoms with Crippen LogP contribution in [0.1, 0.15) is 37.9 Å². The molecule has 2 aromatic heterocycles. The number of fused-ring (bicyclic) bond motifs is 1. The van der Waals surface area contributed by atoms with E-state index in [1.54, 1.807) is 12.1 Å². The van der Waals surface area contributed by atoms with E-state index in [0.29, 0.717) is 5.82 Å². The van der Waals surface area contributed by atoms with Gasteiger partial charge in [0, 0.05) is 32.7 Å². The molecular weight excluding hydrogens is 345 g/mol. The van der Waals surface area contributed by atoms with E-state index in [4.69, 9.17) is 0 Å². The molecule has 0 atom stereocenters. The fourth-order valence-corrected chi connectivity index (χ4v) is 4.02. The molecule has 2 aliphatic rings. The van der Waals surface area contributed by atoms with E-state index in [2.05, 4.69) is 20.2 Å². The first kappa shape index (κ1) is 17.5. The van der Waals surface area contributed by atoms with Gasteiger partial charge in [-0.25, -0.2) is 0 Å². The van der Waals surface area contributed by atoms with Crippen molar-refractivity contribution < 1.29 is 13.2 Å². The molecule has 2 fully saturated rings. The summed E-state index contributed by atoms with van der Waals surface area (Å²) in [6.45, 7) is 4.53. The van der Waals surface area contributed by atoms with Gasteiger partial charge < -0.3 is 4.90 Å². The Balaban J connectivity index is 1.42. The molecule has 4 rings (SSSR count). The second-order valence-electron chi connectivity index (χ2n) is 7.27. The largest absolute Gasteiger partial charge is 0.453 e. The van der Waals surface area contributed by atoms with Crippen molar-refractivity contribution in [3.05, 3.63) is 18.0 Å². The van der Waals surface area contributed by atoms with Crippen LogP contribution < -0.4 is 4.90 Å². The summed E-state index contributed by atoms with van der Waals surface area (Å²) >= 11 is 0. The van der Waals surface area contributed by atoms with E-state index in [1.165, 1.54) is 32.1 Å². The number of piperazine rings is 1. The zero-order valence-corrected chi connectivity index (χ0v) is 14.6. The van der Waals surface area contributed by atoms with Crippen molar-refractivity contribution in [1.29, 1.82) is 0 Å². The summed E-state index contributed by atoms with van der Waals surface area (Å²) in [7, 11) is 0. The zero-order valence-electron chi connectivity index (χ0n) is 14.6. The highest BCUT2D eigenvalue weighted by atomic mass is 19.4. The Labute approximate surface area is 150 Å². The molecular formula is C17H23F3N6. The number of nitrogens with zero attached hydrogens (tertiary/aromatic N) is 6. The van der Waals surface area contributed by atoms with E-state index in [0.717, 1.165) is 43.2 Å². The van der Waals surface area contributed by atoms with Gasteiger partial charge in [0.05, 0.1) is 0 Å². The lowest BCUT2D eigenvalue weighted by molar-refractivity contribution is -0.146. The standard InChI is InChI=1S/C17H23F3N6/c18-17(19,20)16-22-21-14-6-7-15(23-26(14)16)25-10-8-24(9-11-25)12-13-4-2-1-3-5-13/h6-7,13H,1-5,8-12H2. The Morgan fingerprint density at radius 1 is 0.962 bits per heavy atom. The maximum atomic E-state index is 13.0. The van der Waals surface area contributed by atoms with Crippen LogP contribution in [-0.2, 0) is 6.18 Å². The van der Waals surface area contributed by atoms with Crippen LogP contribution in [0.4, 0.5) is 19.0 Å². The molecule has 1 aliphatic carbocycles. The molecule has 2 aromatic rings. The van der Waals surface area contributed by atoms with Crippen LogP contribution in [0, 0.1) is 5.92 Å². The van der Waals surface area contributed by atoms with Gasteiger partial charge in [-0.2, -0.15) is 17.7 Å². The molecule has 0 bridgehead atoms. The highest BCUT2D eigenvalue weighted by Crippen LogP contribution is 2.28. The summed E-state index contributed by atoms with van der Waals surface area (Å²) in [5.74, 6) is 0.265. The van der Waals surface area contributed by atoms with E-state index < -0.39 is 12.0 Å². The van der Waals surface area contributed by atoms with Crippen molar-refractivity contribution in [3.8, 4) is 0 Å². The minimum absolute atomic E-state index is 0.108. The van der Waals surface area contributed by atoms with Gasteiger partial charge in [0.15, 0.2) is 5.65 Å². The Morgan fingerprint density at radius 2 is 1.69 bits per heavy atom. The Morgan fingerprint density at radius 3 is 2.38 bits per heavy atom.